The number of hydrogen-bond acceptors (Lipinski definition) is 4. The minimum Gasteiger partial charge on any atom is -0.484 e. The van der Waals surface area contributed by atoms with Crippen molar-refractivity contribution in [1.82, 2.24) is 10.6 Å². The predicted molar refractivity (Wildman–Crippen MR) is 127 cm³/mol. The summed E-state index contributed by atoms with van der Waals surface area (Å²) < 4.78 is 11.4. The Morgan fingerprint density at radius 1 is 1.34 bits per heavy atom. The van der Waals surface area contributed by atoms with E-state index >= 15 is 0 Å². The molecule has 0 spiro atoms. The molecule has 8 heteroatoms. The summed E-state index contributed by atoms with van der Waals surface area (Å²) in [4.78, 5) is 15.2. The number of rotatable bonds is 7. The van der Waals surface area contributed by atoms with Crippen molar-refractivity contribution in [3.63, 3.8) is 0 Å². The predicted octanol–water partition coefficient (Wildman–Crippen LogP) is 2.68. The van der Waals surface area contributed by atoms with E-state index in [4.69, 9.17) is 15.2 Å². The lowest BCUT2D eigenvalue weighted by molar-refractivity contribution is -0.119. The molecule has 1 heterocycles. The monoisotopic (exact) mass is 518 g/mol. The first kappa shape index (κ1) is 25.5. The highest BCUT2D eigenvalue weighted by molar-refractivity contribution is 14.0. The fraction of sp³-hybridized carbons (Fsp3) is 0.619. The van der Waals surface area contributed by atoms with E-state index in [0.717, 1.165) is 37.5 Å². The van der Waals surface area contributed by atoms with Gasteiger partial charge in [0.05, 0.1) is 6.10 Å². The van der Waals surface area contributed by atoms with E-state index in [0.29, 0.717) is 18.2 Å². The number of benzene rings is 1. The van der Waals surface area contributed by atoms with Crippen LogP contribution < -0.4 is 21.1 Å². The van der Waals surface area contributed by atoms with E-state index in [1.54, 1.807) is 13.1 Å². The van der Waals surface area contributed by atoms with Crippen molar-refractivity contribution < 1.29 is 14.3 Å². The van der Waals surface area contributed by atoms with Crippen LogP contribution in [0.5, 0.6) is 5.75 Å². The van der Waals surface area contributed by atoms with E-state index in [9.17, 15) is 4.79 Å². The van der Waals surface area contributed by atoms with Gasteiger partial charge >= 0.3 is 0 Å². The lowest BCUT2D eigenvalue weighted by Gasteiger charge is -2.40. The zero-order valence-electron chi connectivity index (χ0n) is 17.9. The highest BCUT2D eigenvalue weighted by Crippen LogP contribution is 2.33. The van der Waals surface area contributed by atoms with Crippen LogP contribution in [0.4, 0.5) is 0 Å². The standard InChI is InChI=1S/C21H34N4O3.HI/c1-21(2,3)19-16(8-6-10-27-19)13-25-20(23-4)24-12-15-7-5-9-17(11-15)28-14-18(22)26;/h5,7,9,11,16,19H,6,8,10,12-14H2,1-4H3,(H2,22,26)(H2,23,24,25);1H. The van der Waals surface area contributed by atoms with E-state index in [1.807, 2.05) is 18.2 Å². The van der Waals surface area contributed by atoms with Crippen LogP contribution in [-0.4, -0.2) is 44.8 Å². The Labute approximate surface area is 191 Å². The van der Waals surface area contributed by atoms with Crippen molar-refractivity contribution in [1.29, 1.82) is 0 Å². The third-order valence-electron chi connectivity index (χ3n) is 4.79. The van der Waals surface area contributed by atoms with Crippen LogP contribution in [0.2, 0.25) is 0 Å². The first-order valence-corrected chi connectivity index (χ1v) is 9.85. The number of halogens is 1. The fourth-order valence-electron chi connectivity index (χ4n) is 3.54. The van der Waals surface area contributed by atoms with Gasteiger partial charge in [-0.05, 0) is 36.0 Å². The Morgan fingerprint density at radius 3 is 2.76 bits per heavy atom. The molecule has 1 aliphatic heterocycles. The minimum atomic E-state index is -0.492. The van der Waals surface area contributed by atoms with Gasteiger partial charge in [-0.15, -0.1) is 24.0 Å². The molecule has 1 fully saturated rings. The maximum Gasteiger partial charge on any atom is 0.255 e. The number of primary amides is 1. The number of amides is 1. The Morgan fingerprint density at radius 2 is 2.10 bits per heavy atom. The maximum absolute atomic E-state index is 10.9. The summed E-state index contributed by atoms with van der Waals surface area (Å²) in [5.41, 5.74) is 6.26. The van der Waals surface area contributed by atoms with Gasteiger partial charge in [-0.2, -0.15) is 0 Å². The minimum absolute atomic E-state index is 0. The highest BCUT2D eigenvalue weighted by atomic mass is 127. The smallest absolute Gasteiger partial charge is 0.255 e. The third kappa shape index (κ3) is 8.77. The molecular formula is C21H35IN4O3. The average Bonchev–Trinajstić information content (AvgIpc) is 2.66. The first-order chi connectivity index (χ1) is 13.3. The fourth-order valence-corrected chi connectivity index (χ4v) is 3.54. The largest absolute Gasteiger partial charge is 0.484 e. The molecule has 4 N–H and O–H groups in total. The molecule has 1 saturated heterocycles. The summed E-state index contributed by atoms with van der Waals surface area (Å²) in [6, 6.07) is 7.56. The molecule has 0 aromatic heterocycles. The van der Waals surface area contributed by atoms with Crippen LogP contribution in [0, 0.1) is 11.3 Å². The average molecular weight is 518 g/mol. The molecule has 0 saturated carbocycles. The second-order valence-electron chi connectivity index (χ2n) is 8.27. The third-order valence-corrected chi connectivity index (χ3v) is 4.79. The van der Waals surface area contributed by atoms with Gasteiger partial charge < -0.3 is 25.8 Å². The summed E-state index contributed by atoms with van der Waals surface area (Å²) in [5.74, 6) is 1.33. The van der Waals surface area contributed by atoms with Crippen LogP contribution in [0.25, 0.3) is 0 Å². The quantitative estimate of drug-likeness (QED) is 0.293. The molecule has 1 aromatic rings. The SMILES string of the molecule is CN=C(NCc1cccc(OCC(N)=O)c1)NCC1CCCOC1C(C)(C)C.I. The lowest BCUT2D eigenvalue weighted by Crippen LogP contribution is -2.47. The normalized spacial score (nSPS) is 19.8. The topological polar surface area (TPSA) is 98.0 Å². The van der Waals surface area contributed by atoms with Crippen molar-refractivity contribution in [2.75, 3.05) is 26.8 Å². The summed E-state index contributed by atoms with van der Waals surface area (Å²) in [5, 5.41) is 6.75. The molecule has 0 aliphatic carbocycles. The van der Waals surface area contributed by atoms with Gasteiger partial charge in [0, 0.05) is 32.7 Å². The molecule has 1 amide bonds. The lowest BCUT2D eigenvalue weighted by atomic mass is 9.78. The van der Waals surface area contributed by atoms with Gasteiger partial charge in [0.15, 0.2) is 12.6 Å². The highest BCUT2D eigenvalue weighted by Gasteiger charge is 2.35. The molecule has 1 aromatic carbocycles. The number of hydrogen-bond donors (Lipinski definition) is 3. The van der Waals surface area contributed by atoms with Gasteiger partial charge in [0.2, 0.25) is 0 Å². The Kier molecular flexibility index (Phi) is 10.7. The van der Waals surface area contributed by atoms with Crippen molar-refractivity contribution in [3.8, 4) is 5.75 Å². The molecule has 164 valence electrons. The van der Waals surface area contributed by atoms with Gasteiger partial charge in [-0.1, -0.05) is 32.9 Å². The van der Waals surface area contributed by atoms with Crippen LogP contribution in [-0.2, 0) is 16.1 Å². The van der Waals surface area contributed by atoms with E-state index in [-0.39, 0.29) is 42.1 Å². The van der Waals surface area contributed by atoms with E-state index in [1.165, 1.54) is 0 Å². The first-order valence-electron chi connectivity index (χ1n) is 9.85. The summed E-state index contributed by atoms with van der Waals surface area (Å²) in [6.45, 7) is 8.84. The number of carbonyl (C=O) groups is 1. The number of nitrogens with two attached hydrogens (primary N) is 1. The Hall–Kier alpha value is -1.55. The molecule has 7 nitrogen and oxygen atoms in total. The van der Waals surface area contributed by atoms with Crippen molar-refractivity contribution >= 4 is 35.8 Å². The Bertz CT molecular complexity index is 676. The molecule has 0 radical (unpaired) electrons. The number of aliphatic imine (C=N–C) groups is 1. The van der Waals surface area contributed by atoms with Gasteiger partial charge in [-0.3, -0.25) is 9.79 Å². The molecule has 2 unspecified atom stereocenters. The summed E-state index contributed by atoms with van der Waals surface area (Å²) in [7, 11) is 1.76. The summed E-state index contributed by atoms with van der Waals surface area (Å²) >= 11 is 0. The van der Waals surface area contributed by atoms with E-state index in [2.05, 4.69) is 36.4 Å². The van der Waals surface area contributed by atoms with Crippen molar-refractivity contribution in [2.24, 2.45) is 22.1 Å². The van der Waals surface area contributed by atoms with Crippen LogP contribution in [0.3, 0.4) is 0 Å². The van der Waals surface area contributed by atoms with Crippen molar-refractivity contribution in [3.05, 3.63) is 29.8 Å². The molecule has 29 heavy (non-hydrogen) atoms. The zero-order chi connectivity index (χ0) is 20.6. The molecule has 2 rings (SSSR count). The number of carbonyl (C=O) groups excluding carboxylic acids is 1. The number of nitrogens with zero attached hydrogens (tertiary/aromatic N) is 1. The number of nitrogens with one attached hydrogen (secondary N) is 2. The molecular weight excluding hydrogens is 483 g/mol. The maximum atomic E-state index is 10.9. The van der Waals surface area contributed by atoms with Crippen LogP contribution in [0.15, 0.2) is 29.3 Å². The van der Waals surface area contributed by atoms with Gasteiger partial charge in [0.1, 0.15) is 5.75 Å². The van der Waals surface area contributed by atoms with Gasteiger partial charge in [0.25, 0.3) is 5.91 Å². The molecule has 0 bridgehead atoms. The van der Waals surface area contributed by atoms with E-state index < -0.39 is 5.91 Å². The second-order valence-corrected chi connectivity index (χ2v) is 8.27. The second kappa shape index (κ2) is 12.2. The number of guanidine groups is 1. The molecule has 2 atom stereocenters. The Balaban J connectivity index is 0.00000420. The number of ether oxygens (including phenoxy) is 2. The van der Waals surface area contributed by atoms with Crippen LogP contribution in [0.1, 0.15) is 39.2 Å². The van der Waals surface area contributed by atoms with Gasteiger partial charge in [-0.25, -0.2) is 0 Å². The van der Waals surface area contributed by atoms with Crippen LogP contribution >= 0.6 is 24.0 Å². The molecule has 1 aliphatic rings. The van der Waals surface area contributed by atoms with Crippen molar-refractivity contribution in [2.45, 2.75) is 46.3 Å². The summed E-state index contributed by atoms with van der Waals surface area (Å²) in [6.07, 6.45) is 2.50. The zero-order valence-corrected chi connectivity index (χ0v) is 20.2.